The number of benzene rings is 2. The summed E-state index contributed by atoms with van der Waals surface area (Å²) in [6, 6.07) is 9.84. The van der Waals surface area contributed by atoms with Crippen molar-refractivity contribution in [3.8, 4) is 0 Å². The lowest BCUT2D eigenvalue weighted by Crippen LogP contribution is -2.13. The monoisotopic (exact) mass is 385 g/mol. The highest BCUT2D eigenvalue weighted by molar-refractivity contribution is 9.10. The normalized spacial score (nSPS) is 10.3. The Hall–Kier alpha value is -1.20. The fourth-order valence-electron chi connectivity index (χ4n) is 1.61. The van der Waals surface area contributed by atoms with Gasteiger partial charge >= 0.3 is 0 Å². The van der Waals surface area contributed by atoms with Gasteiger partial charge in [0.2, 0.25) is 0 Å². The first-order valence-electron chi connectivity index (χ1n) is 5.50. The molecule has 0 aliphatic rings. The second-order valence-electron chi connectivity index (χ2n) is 4.04. The van der Waals surface area contributed by atoms with Crippen molar-refractivity contribution in [1.29, 1.82) is 0 Å². The summed E-state index contributed by atoms with van der Waals surface area (Å²) >= 11 is 6.42. The van der Waals surface area contributed by atoms with Gasteiger partial charge in [0, 0.05) is 15.7 Å². The molecule has 0 aliphatic carbocycles. The van der Waals surface area contributed by atoms with Gasteiger partial charge in [-0.15, -0.1) is 0 Å². The van der Waals surface area contributed by atoms with Crippen LogP contribution in [0.4, 0.5) is 10.1 Å². The van der Waals surface area contributed by atoms with E-state index >= 15 is 0 Å². The van der Waals surface area contributed by atoms with Crippen LogP contribution in [0.1, 0.15) is 15.9 Å². The number of aryl methyl sites for hydroxylation is 1. The molecular weight excluding hydrogens is 377 g/mol. The van der Waals surface area contributed by atoms with E-state index in [9.17, 15) is 9.18 Å². The zero-order chi connectivity index (χ0) is 14.0. The van der Waals surface area contributed by atoms with Crippen LogP contribution in [-0.4, -0.2) is 5.91 Å². The van der Waals surface area contributed by atoms with Gasteiger partial charge in [0.15, 0.2) is 0 Å². The second-order valence-corrected chi connectivity index (χ2v) is 5.81. The average molecular weight is 387 g/mol. The molecule has 5 heteroatoms. The van der Waals surface area contributed by atoms with Crippen molar-refractivity contribution in [1.82, 2.24) is 0 Å². The maximum absolute atomic E-state index is 13.1. The molecule has 2 aromatic rings. The highest BCUT2D eigenvalue weighted by Crippen LogP contribution is 2.22. The first kappa shape index (κ1) is 14.2. The summed E-state index contributed by atoms with van der Waals surface area (Å²) in [7, 11) is 0. The molecule has 1 amide bonds. The molecule has 0 saturated carbocycles. The topological polar surface area (TPSA) is 29.1 Å². The summed E-state index contributed by atoms with van der Waals surface area (Å²) in [6.45, 7) is 1.86. The Balaban J connectivity index is 2.25. The number of nitrogens with one attached hydrogen (secondary N) is 1. The Morgan fingerprint density at radius 2 is 1.89 bits per heavy atom. The van der Waals surface area contributed by atoms with Crippen LogP contribution in [0.25, 0.3) is 0 Å². The fraction of sp³-hybridized carbons (Fsp3) is 0.0714. The Kier molecular flexibility index (Phi) is 4.37. The molecule has 0 unspecified atom stereocenters. The van der Waals surface area contributed by atoms with Gasteiger partial charge in [0.25, 0.3) is 5.91 Å². The van der Waals surface area contributed by atoms with Crippen LogP contribution in [0.15, 0.2) is 45.3 Å². The van der Waals surface area contributed by atoms with E-state index in [1.165, 1.54) is 18.2 Å². The van der Waals surface area contributed by atoms with Gasteiger partial charge in [0.05, 0.1) is 4.47 Å². The van der Waals surface area contributed by atoms with Gasteiger partial charge in [-0.1, -0.05) is 22.0 Å². The molecule has 0 heterocycles. The number of amides is 1. The standard InChI is InChI=1S/C14H10Br2FNO/c1-8-2-3-9(15)6-11(8)14(19)18-10-4-5-13(17)12(16)7-10/h2-7H,1H3,(H,18,19). The minimum atomic E-state index is -0.364. The summed E-state index contributed by atoms with van der Waals surface area (Å²) in [5.74, 6) is -0.589. The maximum atomic E-state index is 13.1. The van der Waals surface area contributed by atoms with Gasteiger partial charge in [0.1, 0.15) is 5.82 Å². The van der Waals surface area contributed by atoms with Crippen molar-refractivity contribution in [2.24, 2.45) is 0 Å². The smallest absolute Gasteiger partial charge is 0.255 e. The van der Waals surface area contributed by atoms with Crippen molar-refractivity contribution >= 4 is 43.5 Å². The first-order valence-corrected chi connectivity index (χ1v) is 7.08. The molecule has 2 aromatic carbocycles. The molecule has 98 valence electrons. The number of carbonyl (C=O) groups is 1. The largest absolute Gasteiger partial charge is 0.322 e. The number of hydrogen-bond donors (Lipinski definition) is 1. The summed E-state index contributed by atoms with van der Waals surface area (Å²) in [6.07, 6.45) is 0. The molecule has 0 spiro atoms. The van der Waals surface area contributed by atoms with Crippen molar-refractivity contribution < 1.29 is 9.18 Å². The zero-order valence-corrected chi connectivity index (χ0v) is 13.2. The van der Waals surface area contributed by atoms with Crippen LogP contribution in [0, 0.1) is 12.7 Å². The van der Waals surface area contributed by atoms with Crippen LogP contribution in [-0.2, 0) is 0 Å². The summed E-state index contributed by atoms with van der Waals surface area (Å²) in [5.41, 5.74) is 1.99. The highest BCUT2D eigenvalue weighted by atomic mass is 79.9. The first-order chi connectivity index (χ1) is 8.97. The molecule has 0 saturated heterocycles. The second kappa shape index (κ2) is 5.84. The molecule has 0 aromatic heterocycles. The molecule has 2 rings (SSSR count). The third kappa shape index (κ3) is 3.42. The maximum Gasteiger partial charge on any atom is 0.255 e. The third-order valence-corrected chi connectivity index (χ3v) is 3.72. The molecule has 0 atom stereocenters. The van der Waals surface area contributed by atoms with Gasteiger partial charge in [-0.25, -0.2) is 4.39 Å². The van der Waals surface area contributed by atoms with E-state index in [1.807, 2.05) is 19.1 Å². The highest BCUT2D eigenvalue weighted by Gasteiger charge is 2.10. The van der Waals surface area contributed by atoms with E-state index in [4.69, 9.17) is 0 Å². The van der Waals surface area contributed by atoms with Gasteiger partial charge < -0.3 is 5.32 Å². The van der Waals surface area contributed by atoms with E-state index in [-0.39, 0.29) is 11.7 Å². The van der Waals surface area contributed by atoms with E-state index < -0.39 is 0 Å². The molecular formula is C14H10Br2FNO. The average Bonchev–Trinajstić information content (AvgIpc) is 2.36. The van der Waals surface area contributed by atoms with E-state index in [0.29, 0.717) is 15.7 Å². The quantitative estimate of drug-likeness (QED) is 0.780. The van der Waals surface area contributed by atoms with Gasteiger partial charge in [-0.05, 0) is 58.7 Å². The van der Waals surface area contributed by atoms with E-state index in [0.717, 1.165) is 10.0 Å². The summed E-state index contributed by atoms with van der Waals surface area (Å²) in [4.78, 5) is 12.1. The van der Waals surface area contributed by atoms with Crippen LogP contribution >= 0.6 is 31.9 Å². The molecule has 19 heavy (non-hydrogen) atoms. The molecule has 0 aliphatic heterocycles. The number of rotatable bonds is 2. The van der Waals surface area contributed by atoms with Gasteiger partial charge in [-0.3, -0.25) is 4.79 Å². The van der Waals surface area contributed by atoms with Crippen molar-refractivity contribution in [2.75, 3.05) is 5.32 Å². The Bertz CT molecular complexity index is 643. The minimum absolute atomic E-state index is 0.225. The number of halogens is 3. The SMILES string of the molecule is Cc1ccc(Br)cc1C(=O)Nc1ccc(F)c(Br)c1. The molecule has 1 N–H and O–H groups in total. The Labute approximate surface area is 127 Å². The van der Waals surface area contributed by atoms with Crippen LogP contribution in [0.2, 0.25) is 0 Å². The molecule has 0 radical (unpaired) electrons. The number of anilines is 1. The van der Waals surface area contributed by atoms with Gasteiger partial charge in [-0.2, -0.15) is 0 Å². The van der Waals surface area contributed by atoms with Crippen molar-refractivity contribution in [3.05, 3.63) is 62.3 Å². The predicted molar refractivity (Wildman–Crippen MR) is 80.9 cm³/mol. The fourth-order valence-corrected chi connectivity index (χ4v) is 2.35. The lowest BCUT2D eigenvalue weighted by atomic mass is 10.1. The van der Waals surface area contributed by atoms with E-state index in [1.54, 1.807) is 6.07 Å². The van der Waals surface area contributed by atoms with Crippen LogP contribution in [0.5, 0.6) is 0 Å². The molecule has 0 bridgehead atoms. The molecule has 2 nitrogen and oxygen atoms in total. The van der Waals surface area contributed by atoms with Crippen LogP contribution in [0.3, 0.4) is 0 Å². The zero-order valence-electron chi connectivity index (χ0n) is 10.0. The van der Waals surface area contributed by atoms with E-state index in [2.05, 4.69) is 37.2 Å². The predicted octanol–water partition coefficient (Wildman–Crippen LogP) is 4.91. The summed E-state index contributed by atoms with van der Waals surface area (Å²) in [5, 5.41) is 2.74. The number of hydrogen-bond acceptors (Lipinski definition) is 1. The number of carbonyl (C=O) groups excluding carboxylic acids is 1. The lowest BCUT2D eigenvalue weighted by molar-refractivity contribution is 0.102. The van der Waals surface area contributed by atoms with Crippen LogP contribution < -0.4 is 5.32 Å². The third-order valence-electron chi connectivity index (χ3n) is 2.62. The molecule has 0 fully saturated rings. The Morgan fingerprint density at radius 3 is 2.58 bits per heavy atom. The van der Waals surface area contributed by atoms with Crippen molar-refractivity contribution in [3.63, 3.8) is 0 Å². The van der Waals surface area contributed by atoms with Crippen molar-refractivity contribution in [2.45, 2.75) is 6.92 Å². The summed E-state index contributed by atoms with van der Waals surface area (Å²) < 4.78 is 14.3. The lowest BCUT2D eigenvalue weighted by Gasteiger charge is -2.08. The Morgan fingerprint density at radius 1 is 1.16 bits per heavy atom. The minimum Gasteiger partial charge on any atom is -0.322 e.